The molecule has 0 aliphatic rings. The van der Waals surface area contributed by atoms with Crippen LogP contribution in [0.5, 0.6) is 0 Å². The van der Waals surface area contributed by atoms with Gasteiger partial charge >= 0.3 is 0 Å². The van der Waals surface area contributed by atoms with Crippen LogP contribution >= 0.6 is 0 Å². The summed E-state index contributed by atoms with van der Waals surface area (Å²) in [5.41, 5.74) is 7.99. The van der Waals surface area contributed by atoms with E-state index in [4.69, 9.17) is 5.73 Å². The number of aromatic nitrogens is 6. The summed E-state index contributed by atoms with van der Waals surface area (Å²) in [7, 11) is 0. The lowest BCUT2D eigenvalue weighted by atomic mass is 10.2. The fourth-order valence-electron chi connectivity index (χ4n) is 1.57. The lowest BCUT2D eigenvalue weighted by molar-refractivity contribution is 0.736. The number of para-hydroxylation sites is 1. The maximum atomic E-state index is 6.06. The molecule has 7 heteroatoms. The Kier molecular flexibility index (Phi) is 2.08. The largest absolute Gasteiger partial charge is 0.395 e. The Morgan fingerprint density at radius 1 is 0.765 bits per heavy atom. The molecule has 84 valence electrons. The number of hydrogen-bond donors (Lipinski definition) is 1. The quantitative estimate of drug-likeness (QED) is 0.641. The van der Waals surface area contributed by atoms with Crippen LogP contribution in [0, 0.1) is 0 Å². The van der Waals surface area contributed by atoms with Crippen molar-refractivity contribution >= 4 is 5.69 Å². The standard InChI is InChI=1S/C10H9N7/c11-10-8(16-12-4-5-13-16)2-1-3-9(10)17-14-6-7-15-17/h1-7H,11H2. The Morgan fingerprint density at radius 3 is 1.59 bits per heavy atom. The highest BCUT2D eigenvalue weighted by Crippen LogP contribution is 2.22. The molecular weight excluding hydrogens is 218 g/mol. The smallest absolute Gasteiger partial charge is 0.111 e. The zero-order chi connectivity index (χ0) is 11.7. The van der Waals surface area contributed by atoms with E-state index >= 15 is 0 Å². The summed E-state index contributed by atoms with van der Waals surface area (Å²) >= 11 is 0. The minimum atomic E-state index is 0.528. The Bertz CT molecular complexity index is 560. The first-order valence-corrected chi connectivity index (χ1v) is 4.98. The Morgan fingerprint density at radius 2 is 1.18 bits per heavy atom. The molecule has 2 heterocycles. The summed E-state index contributed by atoms with van der Waals surface area (Å²) < 4.78 is 0. The Balaban J connectivity index is 2.17. The van der Waals surface area contributed by atoms with Gasteiger partial charge in [0.1, 0.15) is 11.4 Å². The highest BCUT2D eigenvalue weighted by molar-refractivity contribution is 5.68. The minimum absolute atomic E-state index is 0.528. The molecule has 0 atom stereocenters. The van der Waals surface area contributed by atoms with Crippen molar-refractivity contribution < 1.29 is 0 Å². The van der Waals surface area contributed by atoms with Crippen LogP contribution in [0.15, 0.2) is 43.0 Å². The van der Waals surface area contributed by atoms with Gasteiger partial charge in [-0.1, -0.05) is 6.07 Å². The average molecular weight is 227 g/mol. The molecule has 0 aliphatic carbocycles. The third kappa shape index (κ3) is 1.53. The van der Waals surface area contributed by atoms with E-state index in [9.17, 15) is 0 Å². The number of anilines is 1. The molecule has 0 fully saturated rings. The van der Waals surface area contributed by atoms with Crippen LogP contribution in [0.25, 0.3) is 11.4 Å². The second kappa shape index (κ2) is 3.71. The van der Waals surface area contributed by atoms with Crippen LogP contribution in [0.1, 0.15) is 0 Å². The molecule has 0 spiro atoms. The molecule has 0 amide bonds. The van der Waals surface area contributed by atoms with Crippen molar-refractivity contribution in [2.45, 2.75) is 0 Å². The number of nitrogens with zero attached hydrogens (tertiary/aromatic N) is 6. The fourth-order valence-corrected chi connectivity index (χ4v) is 1.57. The topological polar surface area (TPSA) is 87.4 Å². The summed E-state index contributed by atoms with van der Waals surface area (Å²) in [5.74, 6) is 0. The van der Waals surface area contributed by atoms with E-state index in [-0.39, 0.29) is 0 Å². The van der Waals surface area contributed by atoms with Gasteiger partial charge in [0, 0.05) is 0 Å². The predicted molar refractivity (Wildman–Crippen MR) is 60.7 cm³/mol. The van der Waals surface area contributed by atoms with Gasteiger partial charge in [0.05, 0.1) is 30.5 Å². The highest BCUT2D eigenvalue weighted by atomic mass is 15.5. The molecule has 2 aromatic heterocycles. The minimum Gasteiger partial charge on any atom is -0.395 e. The molecule has 0 radical (unpaired) electrons. The molecule has 0 saturated heterocycles. The average Bonchev–Trinajstić information content (AvgIpc) is 3.02. The lowest BCUT2D eigenvalue weighted by Gasteiger charge is -2.08. The van der Waals surface area contributed by atoms with E-state index in [1.54, 1.807) is 24.8 Å². The second-order valence-corrected chi connectivity index (χ2v) is 3.35. The van der Waals surface area contributed by atoms with E-state index in [0.29, 0.717) is 17.1 Å². The van der Waals surface area contributed by atoms with Gasteiger partial charge in [0.15, 0.2) is 0 Å². The Labute approximate surface area is 96.5 Å². The number of nitrogen functional groups attached to an aromatic ring is 1. The number of nitrogens with two attached hydrogens (primary N) is 1. The first kappa shape index (κ1) is 9.52. The van der Waals surface area contributed by atoms with Crippen molar-refractivity contribution in [2.24, 2.45) is 0 Å². The third-order valence-corrected chi connectivity index (χ3v) is 2.33. The summed E-state index contributed by atoms with van der Waals surface area (Å²) in [4.78, 5) is 2.92. The molecule has 0 saturated carbocycles. The second-order valence-electron chi connectivity index (χ2n) is 3.35. The van der Waals surface area contributed by atoms with Crippen LogP contribution in [0.2, 0.25) is 0 Å². The maximum absolute atomic E-state index is 6.06. The first-order valence-electron chi connectivity index (χ1n) is 4.98. The van der Waals surface area contributed by atoms with Gasteiger partial charge in [-0.05, 0) is 12.1 Å². The Hall–Kier alpha value is -2.70. The monoisotopic (exact) mass is 227 g/mol. The van der Waals surface area contributed by atoms with Crippen LogP contribution < -0.4 is 5.73 Å². The van der Waals surface area contributed by atoms with E-state index < -0.39 is 0 Å². The van der Waals surface area contributed by atoms with Crippen LogP contribution in [-0.2, 0) is 0 Å². The molecule has 0 bridgehead atoms. The van der Waals surface area contributed by atoms with E-state index in [0.717, 1.165) is 0 Å². The summed E-state index contributed by atoms with van der Waals surface area (Å²) in [5, 5.41) is 16.2. The van der Waals surface area contributed by atoms with Crippen molar-refractivity contribution in [3.8, 4) is 11.4 Å². The van der Waals surface area contributed by atoms with Gasteiger partial charge in [-0.15, -0.1) is 9.59 Å². The first-order chi connectivity index (χ1) is 8.36. The number of benzene rings is 1. The fraction of sp³-hybridized carbons (Fsp3) is 0. The molecule has 0 unspecified atom stereocenters. The summed E-state index contributed by atoms with van der Waals surface area (Å²) in [6.07, 6.45) is 6.38. The van der Waals surface area contributed by atoms with Gasteiger partial charge in [-0.3, -0.25) is 0 Å². The normalized spacial score (nSPS) is 10.6. The number of hydrogen-bond acceptors (Lipinski definition) is 5. The zero-order valence-corrected chi connectivity index (χ0v) is 8.80. The zero-order valence-electron chi connectivity index (χ0n) is 8.80. The van der Waals surface area contributed by atoms with Crippen molar-refractivity contribution in [2.75, 3.05) is 5.73 Å². The summed E-state index contributed by atoms with van der Waals surface area (Å²) in [6, 6.07) is 5.53. The molecule has 7 nitrogen and oxygen atoms in total. The predicted octanol–water partition coefficient (Wildman–Crippen LogP) is 0.430. The van der Waals surface area contributed by atoms with Gasteiger partial charge in [0.25, 0.3) is 0 Å². The third-order valence-electron chi connectivity index (χ3n) is 2.33. The van der Waals surface area contributed by atoms with Crippen molar-refractivity contribution in [1.29, 1.82) is 0 Å². The highest BCUT2D eigenvalue weighted by Gasteiger charge is 2.10. The SMILES string of the molecule is Nc1c(-n2nccn2)cccc1-n1nccn1. The molecule has 1 aromatic carbocycles. The molecule has 3 aromatic rings. The molecule has 3 rings (SSSR count). The molecule has 2 N–H and O–H groups in total. The van der Waals surface area contributed by atoms with Crippen molar-refractivity contribution in [3.05, 3.63) is 43.0 Å². The molecular formula is C10H9N7. The van der Waals surface area contributed by atoms with E-state index in [2.05, 4.69) is 20.4 Å². The molecule has 17 heavy (non-hydrogen) atoms. The summed E-state index contributed by atoms with van der Waals surface area (Å²) in [6.45, 7) is 0. The van der Waals surface area contributed by atoms with E-state index in [1.807, 2.05) is 18.2 Å². The maximum Gasteiger partial charge on any atom is 0.111 e. The van der Waals surface area contributed by atoms with E-state index in [1.165, 1.54) is 9.59 Å². The van der Waals surface area contributed by atoms with Gasteiger partial charge < -0.3 is 5.73 Å². The number of rotatable bonds is 2. The van der Waals surface area contributed by atoms with Crippen LogP contribution in [0.4, 0.5) is 5.69 Å². The van der Waals surface area contributed by atoms with Gasteiger partial charge in [0.2, 0.25) is 0 Å². The van der Waals surface area contributed by atoms with Crippen LogP contribution in [0.3, 0.4) is 0 Å². The van der Waals surface area contributed by atoms with Crippen molar-refractivity contribution in [1.82, 2.24) is 30.0 Å². The van der Waals surface area contributed by atoms with Gasteiger partial charge in [-0.25, -0.2) is 0 Å². The van der Waals surface area contributed by atoms with Crippen LogP contribution in [-0.4, -0.2) is 30.0 Å². The van der Waals surface area contributed by atoms with Gasteiger partial charge in [-0.2, -0.15) is 20.4 Å². The molecule has 0 aliphatic heterocycles. The lowest BCUT2D eigenvalue weighted by Crippen LogP contribution is -2.08. The van der Waals surface area contributed by atoms with Crippen molar-refractivity contribution in [3.63, 3.8) is 0 Å².